The SMILES string of the molecule is CCC=C/C=C/C=C/CO. The Morgan fingerprint density at radius 1 is 1.00 bits per heavy atom. The molecule has 0 saturated heterocycles. The predicted molar refractivity (Wildman–Crippen MR) is 44.8 cm³/mol. The molecule has 0 rings (SSSR count). The smallest absolute Gasteiger partial charge is 0.0615 e. The van der Waals surface area contributed by atoms with Crippen molar-refractivity contribution in [2.24, 2.45) is 0 Å². The predicted octanol–water partition coefficient (Wildman–Crippen LogP) is 2.06. The van der Waals surface area contributed by atoms with Gasteiger partial charge in [0, 0.05) is 0 Å². The number of rotatable bonds is 4. The largest absolute Gasteiger partial charge is 0.392 e. The fraction of sp³-hybridized carbons (Fsp3) is 0.333. The summed E-state index contributed by atoms with van der Waals surface area (Å²) in [5.74, 6) is 0. The Hall–Kier alpha value is -0.820. The first-order valence-electron chi connectivity index (χ1n) is 3.51. The van der Waals surface area contributed by atoms with Crippen molar-refractivity contribution in [1.82, 2.24) is 0 Å². The molecule has 56 valence electrons. The Morgan fingerprint density at radius 3 is 2.10 bits per heavy atom. The van der Waals surface area contributed by atoms with E-state index in [4.69, 9.17) is 5.11 Å². The van der Waals surface area contributed by atoms with Crippen LogP contribution in [0.15, 0.2) is 36.5 Å². The van der Waals surface area contributed by atoms with E-state index in [0.29, 0.717) is 0 Å². The van der Waals surface area contributed by atoms with Gasteiger partial charge >= 0.3 is 0 Å². The molecular weight excluding hydrogens is 124 g/mol. The molecule has 1 nitrogen and oxygen atoms in total. The van der Waals surface area contributed by atoms with Crippen LogP contribution < -0.4 is 0 Å². The maximum Gasteiger partial charge on any atom is 0.0615 e. The zero-order valence-electron chi connectivity index (χ0n) is 6.33. The summed E-state index contributed by atoms with van der Waals surface area (Å²) in [6.45, 7) is 2.20. The van der Waals surface area contributed by atoms with Crippen molar-refractivity contribution in [1.29, 1.82) is 0 Å². The van der Waals surface area contributed by atoms with Crippen molar-refractivity contribution >= 4 is 0 Å². The molecule has 0 aromatic rings. The standard InChI is InChI=1S/C9H14O/c1-2-3-4-5-6-7-8-9-10/h3-8,10H,2,9H2,1H3/b4-3?,6-5+,8-7+. The molecule has 0 aliphatic heterocycles. The molecule has 0 radical (unpaired) electrons. The quantitative estimate of drug-likeness (QED) is 0.589. The lowest BCUT2D eigenvalue weighted by Gasteiger charge is -1.75. The molecule has 0 bridgehead atoms. The van der Waals surface area contributed by atoms with Crippen molar-refractivity contribution in [3.05, 3.63) is 36.5 Å². The van der Waals surface area contributed by atoms with Crippen LogP contribution in [0.1, 0.15) is 13.3 Å². The molecule has 10 heavy (non-hydrogen) atoms. The van der Waals surface area contributed by atoms with Gasteiger partial charge in [0.2, 0.25) is 0 Å². The minimum Gasteiger partial charge on any atom is -0.392 e. The van der Waals surface area contributed by atoms with Gasteiger partial charge in [-0.25, -0.2) is 0 Å². The van der Waals surface area contributed by atoms with E-state index < -0.39 is 0 Å². The minimum absolute atomic E-state index is 0.113. The molecule has 0 unspecified atom stereocenters. The van der Waals surface area contributed by atoms with Gasteiger partial charge in [0.05, 0.1) is 6.61 Å². The Labute approximate surface area is 62.4 Å². The Kier molecular flexibility index (Phi) is 7.51. The van der Waals surface area contributed by atoms with Crippen LogP contribution in [0.2, 0.25) is 0 Å². The van der Waals surface area contributed by atoms with Crippen LogP contribution in [-0.2, 0) is 0 Å². The number of aliphatic hydroxyl groups excluding tert-OH is 1. The Bertz CT molecular complexity index is 116. The molecule has 0 spiro atoms. The summed E-state index contributed by atoms with van der Waals surface area (Å²) in [5, 5.41) is 8.33. The number of hydrogen-bond donors (Lipinski definition) is 1. The van der Waals surface area contributed by atoms with E-state index >= 15 is 0 Å². The summed E-state index contributed by atoms with van der Waals surface area (Å²) in [7, 11) is 0. The normalized spacial score (nSPS) is 12.6. The Morgan fingerprint density at radius 2 is 1.60 bits per heavy atom. The van der Waals surface area contributed by atoms with Crippen LogP contribution in [0, 0.1) is 0 Å². The summed E-state index contributed by atoms with van der Waals surface area (Å²) in [5.41, 5.74) is 0. The third kappa shape index (κ3) is 7.18. The van der Waals surface area contributed by atoms with Gasteiger partial charge in [-0.15, -0.1) is 0 Å². The van der Waals surface area contributed by atoms with Gasteiger partial charge in [0.25, 0.3) is 0 Å². The lowest BCUT2D eigenvalue weighted by atomic mass is 10.3. The van der Waals surface area contributed by atoms with Crippen molar-refractivity contribution in [2.45, 2.75) is 13.3 Å². The van der Waals surface area contributed by atoms with Gasteiger partial charge in [-0.2, -0.15) is 0 Å². The number of allylic oxidation sites excluding steroid dienone is 5. The van der Waals surface area contributed by atoms with Crippen LogP contribution in [0.3, 0.4) is 0 Å². The second kappa shape index (κ2) is 8.18. The maximum absolute atomic E-state index is 8.33. The number of aliphatic hydroxyl groups is 1. The van der Waals surface area contributed by atoms with Crippen LogP contribution in [-0.4, -0.2) is 11.7 Å². The average Bonchev–Trinajstić information content (AvgIpc) is 1.97. The summed E-state index contributed by atoms with van der Waals surface area (Å²) in [4.78, 5) is 0. The zero-order chi connectivity index (χ0) is 7.66. The first-order chi connectivity index (χ1) is 4.91. The molecular formula is C9H14O. The highest BCUT2D eigenvalue weighted by Gasteiger charge is 1.63. The van der Waals surface area contributed by atoms with E-state index in [1.54, 1.807) is 6.08 Å². The van der Waals surface area contributed by atoms with Gasteiger partial charge in [0.1, 0.15) is 0 Å². The molecule has 0 fully saturated rings. The van der Waals surface area contributed by atoms with Crippen LogP contribution in [0.4, 0.5) is 0 Å². The van der Waals surface area contributed by atoms with E-state index in [0.717, 1.165) is 6.42 Å². The van der Waals surface area contributed by atoms with Crippen LogP contribution in [0.5, 0.6) is 0 Å². The topological polar surface area (TPSA) is 20.2 Å². The fourth-order valence-corrected chi connectivity index (χ4v) is 0.482. The van der Waals surface area contributed by atoms with E-state index in [-0.39, 0.29) is 6.61 Å². The minimum atomic E-state index is 0.113. The second-order valence-corrected chi connectivity index (χ2v) is 1.83. The molecule has 0 saturated carbocycles. The Balaban J connectivity index is 3.37. The molecule has 0 atom stereocenters. The van der Waals surface area contributed by atoms with Crippen LogP contribution in [0.25, 0.3) is 0 Å². The lowest BCUT2D eigenvalue weighted by molar-refractivity contribution is 0.343. The summed E-state index contributed by atoms with van der Waals surface area (Å²) < 4.78 is 0. The maximum atomic E-state index is 8.33. The summed E-state index contributed by atoms with van der Waals surface area (Å²) in [6.07, 6.45) is 12.5. The van der Waals surface area contributed by atoms with Gasteiger partial charge in [0.15, 0.2) is 0 Å². The highest BCUT2D eigenvalue weighted by atomic mass is 16.2. The van der Waals surface area contributed by atoms with E-state index in [9.17, 15) is 0 Å². The molecule has 1 N–H and O–H groups in total. The first-order valence-corrected chi connectivity index (χ1v) is 3.51. The molecule has 0 aliphatic rings. The number of hydrogen-bond acceptors (Lipinski definition) is 1. The average molecular weight is 138 g/mol. The summed E-state index contributed by atoms with van der Waals surface area (Å²) in [6, 6.07) is 0. The van der Waals surface area contributed by atoms with Crippen LogP contribution >= 0.6 is 0 Å². The third-order valence-corrected chi connectivity index (χ3v) is 0.947. The fourth-order valence-electron chi connectivity index (χ4n) is 0.482. The van der Waals surface area contributed by atoms with E-state index in [2.05, 4.69) is 13.0 Å². The zero-order valence-corrected chi connectivity index (χ0v) is 6.33. The first kappa shape index (κ1) is 9.18. The molecule has 0 aliphatic carbocycles. The molecule has 0 heterocycles. The van der Waals surface area contributed by atoms with E-state index in [1.807, 2.05) is 24.3 Å². The van der Waals surface area contributed by atoms with Gasteiger partial charge in [-0.1, -0.05) is 43.4 Å². The third-order valence-electron chi connectivity index (χ3n) is 0.947. The van der Waals surface area contributed by atoms with Gasteiger partial charge < -0.3 is 5.11 Å². The molecule has 0 amide bonds. The lowest BCUT2D eigenvalue weighted by Crippen LogP contribution is -1.67. The van der Waals surface area contributed by atoms with Crippen molar-refractivity contribution in [3.63, 3.8) is 0 Å². The highest BCUT2D eigenvalue weighted by molar-refractivity contribution is 5.10. The second-order valence-electron chi connectivity index (χ2n) is 1.83. The van der Waals surface area contributed by atoms with Crippen molar-refractivity contribution < 1.29 is 5.11 Å². The van der Waals surface area contributed by atoms with Gasteiger partial charge in [-0.3, -0.25) is 0 Å². The van der Waals surface area contributed by atoms with E-state index in [1.165, 1.54) is 0 Å². The summed E-state index contributed by atoms with van der Waals surface area (Å²) >= 11 is 0. The van der Waals surface area contributed by atoms with Crippen molar-refractivity contribution in [3.8, 4) is 0 Å². The molecule has 0 aromatic heterocycles. The molecule has 1 heteroatoms. The van der Waals surface area contributed by atoms with Crippen molar-refractivity contribution in [2.75, 3.05) is 6.61 Å². The highest BCUT2D eigenvalue weighted by Crippen LogP contribution is 1.82. The molecule has 0 aromatic carbocycles. The monoisotopic (exact) mass is 138 g/mol. The van der Waals surface area contributed by atoms with Gasteiger partial charge in [-0.05, 0) is 6.42 Å².